The molecule has 1 saturated heterocycles. The summed E-state index contributed by atoms with van der Waals surface area (Å²) in [5.74, 6) is -0.265. The van der Waals surface area contributed by atoms with Crippen molar-refractivity contribution in [2.24, 2.45) is 0 Å². The van der Waals surface area contributed by atoms with Crippen LogP contribution in [0, 0.1) is 0 Å². The van der Waals surface area contributed by atoms with Crippen LogP contribution in [-0.4, -0.2) is 40.4 Å². The van der Waals surface area contributed by atoms with Crippen LogP contribution in [0.3, 0.4) is 0 Å². The Balaban J connectivity index is 1.38. The van der Waals surface area contributed by atoms with Crippen LogP contribution in [0.2, 0.25) is 0 Å². The van der Waals surface area contributed by atoms with E-state index in [4.69, 9.17) is 9.47 Å². The second kappa shape index (κ2) is 8.79. The molecule has 3 heterocycles. The molecule has 1 aliphatic heterocycles. The quantitative estimate of drug-likeness (QED) is 0.497. The summed E-state index contributed by atoms with van der Waals surface area (Å²) >= 11 is 1.22. The molecule has 0 bridgehead atoms. The van der Waals surface area contributed by atoms with Gasteiger partial charge in [-0.2, -0.15) is 0 Å². The first-order valence-electron chi connectivity index (χ1n) is 10.1. The molecule has 0 spiro atoms. The van der Waals surface area contributed by atoms with Crippen molar-refractivity contribution in [2.75, 3.05) is 18.5 Å². The number of fused-ring (bicyclic) bond motifs is 1. The van der Waals surface area contributed by atoms with Gasteiger partial charge in [-0.25, -0.2) is 0 Å². The minimum atomic E-state index is -0.265. The first kappa shape index (κ1) is 19.6. The molecule has 5 rings (SSSR count). The van der Waals surface area contributed by atoms with E-state index in [9.17, 15) is 4.79 Å². The molecule has 1 fully saturated rings. The van der Waals surface area contributed by atoms with Gasteiger partial charge in [-0.1, -0.05) is 47.6 Å². The summed E-state index contributed by atoms with van der Waals surface area (Å²) in [7, 11) is 0. The smallest absolute Gasteiger partial charge is 0.296 e. The monoisotopic (exact) mass is 432 g/mol. The third-order valence-corrected chi connectivity index (χ3v) is 5.94. The van der Waals surface area contributed by atoms with Crippen molar-refractivity contribution in [1.29, 1.82) is 0 Å². The van der Waals surface area contributed by atoms with E-state index in [0.717, 1.165) is 34.7 Å². The highest BCUT2D eigenvalue weighted by atomic mass is 32.1. The maximum absolute atomic E-state index is 13.1. The Labute approximate surface area is 183 Å². The van der Waals surface area contributed by atoms with E-state index in [1.54, 1.807) is 18.5 Å². The van der Waals surface area contributed by atoms with E-state index in [1.807, 2.05) is 30.3 Å². The number of carbonyl (C=O) groups is 1. The van der Waals surface area contributed by atoms with Crippen molar-refractivity contribution in [3.8, 4) is 16.3 Å². The van der Waals surface area contributed by atoms with Crippen molar-refractivity contribution in [1.82, 2.24) is 15.2 Å². The SMILES string of the molecule is O=C(Nc1nnc(OC2CCOCC2)s1)c1ccncc1-c1cccc2ccccc12. The lowest BCUT2D eigenvalue weighted by Crippen LogP contribution is -2.25. The zero-order chi connectivity index (χ0) is 21.0. The van der Waals surface area contributed by atoms with Crippen molar-refractivity contribution in [2.45, 2.75) is 18.9 Å². The van der Waals surface area contributed by atoms with Gasteiger partial charge in [-0.3, -0.25) is 15.1 Å². The molecule has 7 nitrogen and oxygen atoms in total. The third-order valence-electron chi connectivity index (χ3n) is 5.21. The fourth-order valence-electron chi connectivity index (χ4n) is 3.68. The van der Waals surface area contributed by atoms with Crippen LogP contribution in [-0.2, 0) is 4.74 Å². The van der Waals surface area contributed by atoms with Crippen LogP contribution >= 0.6 is 11.3 Å². The number of rotatable bonds is 5. The number of nitrogens with one attached hydrogen (secondary N) is 1. The number of benzene rings is 2. The molecule has 0 radical (unpaired) electrons. The van der Waals surface area contributed by atoms with Gasteiger partial charge in [0.2, 0.25) is 5.13 Å². The predicted molar refractivity (Wildman–Crippen MR) is 120 cm³/mol. The zero-order valence-electron chi connectivity index (χ0n) is 16.7. The summed E-state index contributed by atoms with van der Waals surface area (Å²) < 4.78 is 11.2. The maximum atomic E-state index is 13.1. The first-order valence-corrected chi connectivity index (χ1v) is 10.9. The van der Waals surface area contributed by atoms with Crippen molar-refractivity contribution < 1.29 is 14.3 Å². The largest absolute Gasteiger partial charge is 0.465 e. The molecule has 0 atom stereocenters. The second-order valence-corrected chi connectivity index (χ2v) is 8.14. The standard InChI is InChI=1S/C23H20N4O3S/c28-21(25-22-26-27-23(31-22)30-16-9-12-29-13-10-16)19-8-11-24-14-20(19)18-7-3-5-15-4-1-2-6-17(15)18/h1-8,11,14,16H,9-10,12-13H2,(H,25,26,28). The summed E-state index contributed by atoms with van der Waals surface area (Å²) in [6.07, 6.45) is 5.06. The van der Waals surface area contributed by atoms with Gasteiger partial charge in [0, 0.05) is 30.8 Å². The summed E-state index contributed by atoms with van der Waals surface area (Å²) in [4.78, 5) is 17.3. The van der Waals surface area contributed by atoms with Crippen molar-refractivity contribution in [3.63, 3.8) is 0 Å². The van der Waals surface area contributed by atoms with Gasteiger partial charge in [0.15, 0.2) is 0 Å². The zero-order valence-corrected chi connectivity index (χ0v) is 17.5. The van der Waals surface area contributed by atoms with Crippen molar-refractivity contribution in [3.05, 3.63) is 66.5 Å². The molecule has 1 N–H and O–H groups in total. The lowest BCUT2D eigenvalue weighted by atomic mass is 9.96. The average Bonchev–Trinajstić information content (AvgIpc) is 3.26. The number of nitrogens with zero attached hydrogens (tertiary/aromatic N) is 3. The third kappa shape index (κ3) is 4.26. The molecule has 0 unspecified atom stereocenters. The number of aromatic nitrogens is 3. The predicted octanol–water partition coefficient (Wildman–Crippen LogP) is 4.56. The van der Waals surface area contributed by atoms with Crippen LogP contribution in [0.25, 0.3) is 21.9 Å². The first-order chi connectivity index (χ1) is 15.3. The number of hydrogen-bond acceptors (Lipinski definition) is 7. The van der Waals surface area contributed by atoms with Gasteiger partial charge in [0.25, 0.3) is 11.1 Å². The van der Waals surface area contributed by atoms with Gasteiger partial charge in [-0.05, 0) is 33.7 Å². The van der Waals surface area contributed by atoms with E-state index in [2.05, 4.69) is 32.6 Å². The minimum absolute atomic E-state index is 0.0726. The van der Waals surface area contributed by atoms with E-state index in [1.165, 1.54) is 11.3 Å². The van der Waals surface area contributed by atoms with Crippen LogP contribution in [0.4, 0.5) is 5.13 Å². The molecule has 0 saturated carbocycles. The highest BCUT2D eigenvalue weighted by molar-refractivity contribution is 7.17. The number of anilines is 1. The molecular formula is C23H20N4O3S. The summed E-state index contributed by atoms with van der Waals surface area (Å²) in [5, 5.41) is 14.0. The molecule has 8 heteroatoms. The lowest BCUT2D eigenvalue weighted by Gasteiger charge is -2.21. The van der Waals surface area contributed by atoms with Gasteiger partial charge in [0.05, 0.1) is 18.8 Å². The average molecular weight is 433 g/mol. The fourth-order valence-corrected chi connectivity index (χ4v) is 4.33. The normalized spacial score (nSPS) is 14.5. The number of pyridine rings is 1. The highest BCUT2D eigenvalue weighted by Crippen LogP contribution is 2.31. The van der Waals surface area contributed by atoms with Crippen LogP contribution in [0.1, 0.15) is 23.2 Å². The Bertz CT molecular complexity index is 1210. The van der Waals surface area contributed by atoms with E-state index < -0.39 is 0 Å². The molecular weight excluding hydrogens is 412 g/mol. The van der Waals surface area contributed by atoms with E-state index >= 15 is 0 Å². The number of hydrogen-bond donors (Lipinski definition) is 1. The molecule has 31 heavy (non-hydrogen) atoms. The fraction of sp³-hybridized carbons (Fsp3) is 0.217. The number of carbonyl (C=O) groups excluding carboxylic acids is 1. The van der Waals surface area contributed by atoms with Crippen LogP contribution < -0.4 is 10.1 Å². The lowest BCUT2D eigenvalue weighted by molar-refractivity contribution is 0.0252. The maximum Gasteiger partial charge on any atom is 0.296 e. The number of ether oxygens (including phenoxy) is 2. The Morgan fingerprint density at radius 2 is 1.87 bits per heavy atom. The highest BCUT2D eigenvalue weighted by Gasteiger charge is 2.20. The minimum Gasteiger partial charge on any atom is -0.465 e. The Kier molecular flexibility index (Phi) is 5.56. The molecule has 2 aromatic carbocycles. The van der Waals surface area contributed by atoms with Gasteiger partial charge in [0.1, 0.15) is 6.10 Å². The van der Waals surface area contributed by atoms with Crippen LogP contribution in [0.5, 0.6) is 5.19 Å². The molecule has 2 aromatic heterocycles. The number of amides is 1. The van der Waals surface area contributed by atoms with Gasteiger partial charge in [-0.15, -0.1) is 5.10 Å². The van der Waals surface area contributed by atoms with E-state index in [-0.39, 0.29) is 12.0 Å². The molecule has 1 amide bonds. The Morgan fingerprint density at radius 1 is 1.03 bits per heavy atom. The Morgan fingerprint density at radius 3 is 2.77 bits per heavy atom. The van der Waals surface area contributed by atoms with Crippen molar-refractivity contribution >= 4 is 33.1 Å². The summed E-state index contributed by atoms with van der Waals surface area (Å²) in [6, 6.07) is 15.8. The van der Waals surface area contributed by atoms with E-state index in [0.29, 0.717) is 29.1 Å². The molecule has 1 aliphatic rings. The molecule has 156 valence electrons. The second-order valence-electron chi connectivity index (χ2n) is 7.20. The van der Waals surface area contributed by atoms with Gasteiger partial charge >= 0.3 is 0 Å². The van der Waals surface area contributed by atoms with Gasteiger partial charge < -0.3 is 9.47 Å². The Hall–Kier alpha value is -3.36. The summed E-state index contributed by atoms with van der Waals surface area (Å²) in [5.41, 5.74) is 2.24. The summed E-state index contributed by atoms with van der Waals surface area (Å²) in [6.45, 7) is 1.37. The van der Waals surface area contributed by atoms with Crippen LogP contribution in [0.15, 0.2) is 60.9 Å². The topological polar surface area (TPSA) is 86.2 Å². The molecule has 0 aliphatic carbocycles. The molecule has 4 aromatic rings.